The number of carbonyl (C=O) groups excluding carboxylic acids is 1. The molecule has 1 saturated carbocycles. The van der Waals surface area contributed by atoms with Gasteiger partial charge in [0.2, 0.25) is 0 Å². The van der Waals surface area contributed by atoms with Gasteiger partial charge in [0.15, 0.2) is 6.61 Å². The fraction of sp³-hybridized carbons (Fsp3) is 0.333. The third-order valence-corrected chi connectivity index (χ3v) is 4.78. The predicted molar refractivity (Wildman–Crippen MR) is 94.1 cm³/mol. The van der Waals surface area contributed by atoms with Crippen molar-refractivity contribution in [1.82, 2.24) is 5.32 Å². The Hall–Kier alpha value is -2.08. The molecule has 0 aliphatic heterocycles. The van der Waals surface area contributed by atoms with Crippen LogP contribution in [0.4, 0.5) is 0 Å². The summed E-state index contributed by atoms with van der Waals surface area (Å²) in [5.41, 5.74) is 0. The second-order valence-electron chi connectivity index (χ2n) is 6.05. The highest BCUT2D eigenvalue weighted by atomic mass is 79.9. The number of hydrogen-bond acceptors (Lipinski definition) is 3. The number of rotatable bonds is 5. The van der Waals surface area contributed by atoms with Crippen molar-refractivity contribution in [2.45, 2.75) is 25.3 Å². The van der Waals surface area contributed by atoms with Crippen molar-refractivity contribution in [2.75, 3.05) is 6.61 Å². The minimum absolute atomic E-state index is 0.0730. The fourth-order valence-corrected chi connectivity index (χ4v) is 3.42. The number of hydrogen-bond donors (Lipinski definition) is 2. The first-order valence-corrected chi connectivity index (χ1v) is 8.65. The van der Waals surface area contributed by atoms with Crippen LogP contribution in [0.15, 0.2) is 40.9 Å². The topological polar surface area (TPSA) is 75.6 Å². The van der Waals surface area contributed by atoms with Crippen LogP contribution in [0.3, 0.4) is 0 Å². The number of amides is 1. The van der Waals surface area contributed by atoms with E-state index in [0.29, 0.717) is 25.0 Å². The van der Waals surface area contributed by atoms with Crippen molar-refractivity contribution in [3.05, 3.63) is 40.9 Å². The molecule has 126 valence electrons. The van der Waals surface area contributed by atoms with E-state index in [1.54, 1.807) is 0 Å². The number of carboxylic acid groups (broad SMARTS) is 1. The molecule has 2 N–H and O–H groups in total. The number of halogens is 1. The molecule has 5 nitrogen and oxygen atoms in total. The maximum atomic E-state index is 12.0. The maximum Gasteiger partial charge on any atom is 0.306 e. The van der Waals surface area contributed by atoms with Crippen molar-refractivity contribution < 1.29 is 19.4 Å². The van der Waals surface area contributed by atoms with Crippen molar-refractivity contribution in [1.29, 1.82) is 0 Å². The average Bonchev–Trinajstić information content (AvgIpc) is 3.01. The molecule has 3 rings (SSSR count). The number of aliphatic carboxylic acids is 1. The van der Waals surface area contributed by atoms with Gasteiger partial charge in [-0.3, -0.25) is 9.59 Å². The number of carbonyl (C=O) groups is 2. The van der Waals surface area contributed by atoms with Crippen LogP contribution in [-0.2, 0) is 9.59 Å². The quantitative estimate of drug-likeness (QED) is 0.819. The van der Waals surface area contributed by atoms with Crippen molar-refractivity contribution in [3.63, 3.8) is 0 Å². The monoisotopic (exact) mass is 391 g/mol. The maximum absolute atomic E-state index is 12.0. The zero-order valence-electron chi connectivity index (χ0n) is 13.0. The number of fused-ring (bicyclic) bond motifs is 1. The molecular formula is C18H18BrNO4. The van der Waals surface area contributed by atoms with Gasteiger partial charge in [-0.2, -0.15) is 0 Å². The lowest BCUT2D eigenvalue weighted by Crippen LogP contribution is -2.36. The van der Waals surface area contributed by atoms with Gasteiger partial charge in [0.25, 0.3) is 5.91 Å². The summed E-state index contributed by atoms with van der Waals surface area (Å²) in [6.45, 7) is -0.0731. The average molecular weight is 392 g/mol. The standard InChI is InChI=1S/C18H18BrNO4/c19-14-4-1-12-9-16(6-3-11(12)7-14)24-10-17(21)20-15-5-2-13(8-15)18(22)23/h1,3-4,6-7,9,13,15H,2,5,8,10H2,(H,20,21)(H,22,23)/t13-,15+/m0/s1. The summed E-state index contributed by atoms with van der Waals surface area (Å²) in [7, 11) is 0. The molecule has 0 bridgehead atoms. The Bertz CT molecular complexity index is 777. The molecule has 1 aliphatic carbocycles. The van der Waals surface area contributed by atoms with Crippen LogP contribution in [0, 0.1) is 5.92 Å². The molecule has 6 heteroatoms. The van der Waals surface area contributed by atoms with Crippen LogP contribution in [0.25, 0.3) is 10.8 Å². The Morgan fingerprint density at radius 2 is 1.92 bits per heavy atom. The van der Waals surface area contributed by atoms with E-state index in [1.807, 2.05) is 36.4 Å². The highest BCUT2D eigenvalue weighted by Gasteiger charge is 2.30. The molecule has 0 aromatic heterocycles. The molecule has 0 spiro atoms. The third kappa shape index (κ3) is 4.06. The number of benzene rings is 2. The lowest BCUT2D eigenvalue weighted by Gasteiger charge is -2.13. The molecule has 0 unspecified atom stereocenters. The van der Waals surface area contributed by atoms with Crippen LogP contribution in [0.5, 0.6) is 5.75 Å². The van der Waals surface area contributed by atoms with Gasteiger partial charge in [0.1, 0.15) is 5.75 Å². The van der Waals surface area contributed by atoms with Crippen molar-refractivity contribution in [3.8, 4) is 5.75 Å². The van der Waals surface area contributed by atoms with Gasteiger partial charge < -0.3 is 15.2 Å². The highest BCUT2D eigenvalue weighted by Crippen LogP contribution is 2.26. The summed E-state index contributed by atoms with van der Waals surface area (Å²) in [6, 6.07) is 11.6. The van der Waals surface area contributed by atoms with E-state index in [2.05, 4.69) is 21.2 Å². The molecule has 1 amide bonds. The first-order chi connectivity index (χ1) is 11.5. The first-order valence-electron chi connectivity index (χ1n) is 7.85. The zero-order chi connectivity index (χ0) is 17.1. The third-order valence-electron chi connectivity index (χ3n) is 4.29. The van der Waals surface area contributed by atoms with Gasteiger partial charge in [0, 0.05) is 10.5 Å². The summed E-state index contributed by atoms with van der Waals surface area (Å²) in [6.07, 6.45) is 1.81. The fourth-order valence-electron chi connectivity index (χ4n) is 3.04. The molecule has 2 aromatic carbocycles. The number of carboxylic acids is 1. The summed E-state index contributed by atoms with van der Waals surface area (Å²) in [4.78, 5) is 22.9. The van der Waals surface area contributed by atoms with Crippen molar-refractivity contribution >= 4 is 38.6 Å². The molecule has 2 atom stereocenters. The zero-order valence-corrected chi connectivity index (χ0v) is 14.6. The van der Waals surface area contributed by atoms with Crippen LogP contribution < -0.4 is 10.1 Å². The Kier molecular flexibility index (Phi) is 5.04. The van der Waals surface area contributed by atoms with Gasteiger partial charge in [-0.25, -0.2) is 0 Å². The van der Waals surface area contributed by atoms with Gasteiger partial charge in [0.05, 0.1) is 5.92 Å². The van der Waals surface area contributed by atoms with Crippen LogP contribution in [-0.4, -0.2) is 29.6 Å². The molecule has 2 aromatic rings. The second-order valence-corrected chi connectivity index (χ2v) is 6.97. The molecule has 24 heavy (non-hydrogen) atoms. The Morgan fingerprint density at radius 1 is 1.17 bits per heavy atom. The molecule has 0 radical (unpaired) electrons. The van der Waals surface area contributed by atoms with Crippen molar-refractivity contribution in [2.24, 2.45) is 5.92 Å². The Morgan fingerprint density at radius 3 is 2.67 bits per heavy atom. The smallest absolute Gasteiger partial charge is 0.306 e. The predicted octanol–water partition coefficient (Wildman–Crippen LogP) is 3.35. The van der Waals surface area contributed by atoms with E-state index in [1.165, 1.54) is 0 Å². The van der Waals surface area contributed by atoms with Gasteiger partial charge in [-0.05, 0) is 54.3 Å². The SMILES string of the molecule is O=C(COc1ccc2cc(Br)ccc2c1)N[C@@H]1CC[C@H](C(=O)O)C1. The van der Waals surface area contributed by atoms with E-state index in [-0.39, 0.29) is 24.5 Å². The van der Waals surface area contributed by atoms with Gasteiger partial charge in [-0.15, -0.1) is 0 Å². The normalized spacial score (nSPS) is 20.0. The molecule has 0 saturated heterocycles. The van der Waals surface area contributed by atoms with E-state index in [9.17, 15) is 9.59 Å². The number of ether oxygens (including phenoxy) is 1. The summed E-state index contributed by atoms with van der Waals surface area (Å²) < 4.78 is 6.56. The molecule has 1 aliphatic rings. The summed E-state index contributed by atoms with van der Waals surface area (Å²) in [5, 5.41) is 14.0. The molecular weight excluding hydrogens is 374 g/mol. The highest BCUT2D eigenvalue weighted by molar-refractivity contribution is 9.10. The Balaban J connectivity index is 1.53. The Labute approximate surface area is 148 Å². The van der Waals surface area contributed by atoms with Crippen LogP contribution >= 0.6 is 15.9 Å². The summed E-state index contributed by atoms with van der Waals surface area (Å²) >= 11 is 3.43. The second kappa shape index (κ2) is 7.21. The van der Waals surface area contributed by atoms with Gasteiger partial charge in [-0.1, -0.05) is 28.1 Å². The lowest BCUT2D eigenvalue weighted by molar-refractivity contribution is -0.141. The van der Waals surface area contributed by atoms with E-state index >= 15 is 0 Å². The van der Waals surface area contributed by atoms with E-state index < -0.39 is 5.97 Å². The lowest BCUT2D eigenvalue weighted by atomic mass is 10.1. The summed E-state index contributed by atoms with van der Waals surface area (Å²) in [5.74, 6) is -0.724. The molecule has 0 heterocycles. The molecule has 1 fully saturated rings. The van der Waals surface area contributed by atoms with E-state index in [4.69, 9.17) is 9.84 Å². The largest absolute Gasteiger partial charge is 0.484 e. The van der Waals surface area contributed by atoms with Crippen LogP contribution in [0.1, 0.15) is 19.3 Å². The minimum atomic E-state index is -0.786. The van der Waals surface area contributed by atoms with Crippen LogP contribution in [0.2, 0.25) is 0 Å². The van der Waals surface area contributed by atoms with E-state index in [0.717, 1.165) is 15.2 Å². The first kappa shape index (κ1) is 16.8. The minimum Gasteiger partial charge on any atom is -0.484 e. The number of nitrogens with one attached hydrogen (secondary N) is 1. The van der Waals surface area contributed by atoms with Gasteiger partial charge >= 0.3 is 5.97 Å².